The molecule has 1 rings (SSSR count). The maximum absolute atomic E-state index is 5.30. The summed E-state index contributed by atoms with van der Waals surface area (Å²) in [6, 6.07) is 0. The van der Waals surface area contributed by atoms with E-state index in [1.54, 1.807) is 7.11 Å². The van der Waals surface area contributed by atoms with E-state index >= 15 is 0 Å². The van der Waals surface area contributed by atoms with E-state index in [-0.39, 0.29) is 10.4 Å². The Balaban J connectivity index is 2.71. The molecule has 1 fully saturated rings. The lowest BCUT2D eigenvalue weighted by atomic mass is 10.00. The van der Waals surface area contributed by atoms with E-state index in [2.05, 4.69) is 33.0 Å². The van der Waals surface area contributed by atoms with E-state index < -0.39 is 0 Å². The molecule has 78 valence electrons. The smallest absolute Gasteiger partial charge is 0.0909 e. The van der Waals surface area contributed by atoms with Crippen molar-refractivity contribution in [2.24, 2.45) is 5.92 Å². The Morgan fingerprint density at radius 1 is 1.46 bits per heavy atom. The van der Waals surface area contributed by atoms with Crippen LogP contribution >= 0.6 is 11.8 Å². The summed E-state index contributed by atoms with van der Waals surface area (Å²) in [5.41, 5.74) is 0.244. The fraction of sp³-hybridized carbons (Fsp3) is 1.00. The van der Waals surface area contributed by atoms with Crippen LogP contribution in [0.1, 0.15) is 27.7 Å². The van der Waals surface area contributed by atoms with Crippen LogP contribution in [0.4, 0.5) is 0 Å². The van der Waals surface area contributed by atoms with Crippen LogP contribution in [-0.2, 0) is 4.74 Å². The predicted molar refractivity (Wildman–Crippen MR) is 59.1 cm³/mol. The van der Waals surface area contributed by atoms with Gasteiger partial charge in [0.1, 0.15) is 0 Å². The van der Waals surface area contributed by atoms with Gasteiger partial charge >= 0.3 is 0 Å². The first kappa shape index (κ1) is 11.3. The maximum atomic E-state index is 5.30. The molecule has 0 bridgehead atoms. The van der Waals surface area contributed by atoms with Crippen LogP contribution in [0.5, 0.6) is 0 Å². The van der Waals surface area contributed by atoms with Gasteiger partial charge in [0.25, 0.3) is 0 Å². The number of thioether (sulfide) groups is 1. The summed E-state index contributed by atoms with van der Waals surface area (Å²) in [6.45, 7) is 9.79. The number of hydrogen-bond donors (Lipinski definition) is 1. The summed E-state index contributed by atoms with van der Waals surface area (Å²) in [5, 5.41) is 3.68. The Labute approximate surface area is 85.8 Å². The Kier molecular flexibility index (Phi) is 3.31. The molecular weight excluding hydrogens is 182 g/mol. The molecule has 13 heavy (non-hydrogen) atoms. The highest BCUT2D eigenvalue weighted by atomic mass is 32.2. The second-order valence-electron chi connectivity index (χ2n) is 4.77. The van der Waals surface area contributed by atoms with Gasteiger partial charge in [-0.3, -0.25) is 5.32 Å². The summed E-state index contributed by atoms with van der Waals surface area (Å²) in [4.78, 5) is 0.123. The van der Waals surface area contributed by atoms with Crippen molar-refractivity contribution in [2.45, 2.75) is 38.1 Å². The second-order valence-corrected chi connectivity index (χ2v) is 6.08. The molecule has 1 saturated heterocycles. The van der Waals surface area contributed by atoms with E-state index in [0.717, 1.165) is 12.4 Å². The Bertz CT molecular complexity index is 182. The van der Waals surface area contributed by atoms with Crippen molar-refractivity contribution in [3.8, 4) is 0 Å². The van der Waals surface area contributed by atoms with Crippen molar-refractivity contribution in [2.75, 3.05) is 19.5 Å². The summed E-state index contributed by atoms with van der Waals surface area (Å²) < 4.78 is 5.30. The van der Waals surface area contributed by atoms with E-state index in [4.69, 9.17) is 4.74 Å². The van der Waals surface area contributed by atoms with Crippen LogP contribution in [0, 0.1) is 5.92 Å². The van der Waals surface area contributed by atoms with E-state index in [0.29, 0.717) is 5.92 Å². The average molecular weight is 203 g/mol. The van der Waals surface area contributed by atoms with Gasteiger partial charge in [-0.2, -0.15) is 0 Å². The molecule has 1 unspecified atom stereocenters. The molecule has 1 atom stereocenters. The topological polar surface area (TPSA) is 21.3 Å². The molecule has 3 heteroatoms. The van der Waals surface area contributed by atoms with E-state index in [9.17, 15) is 0 Å². The summed E-state index contributed by atoms with van der Waals surface area (Å²) >= 11 is 1.99. The minimum atomic E-state index is 0.123. The zero-order chi connectivity index (χ0) is 10.1. The van der Waals surface area contributed by atoms with Crippen LogP contribution in [0.3, 0.4) is 0 Å². The van der Waals surface area contributed by atoms with Crippen LogP contribution < -0.4 is 5.32 Å². The van der Waals surface area contributed by atoms with Crippen LogP contribution in [0.25, 0.3) is 0 Å². The molecule has 0 radical (unpaired) electrons. The Hall–Kier alpha value is 0.270. The van der Waals surface area contributed by atoms with Crippen LogP contribution in [-0.4, -0.2) is 29.9 Å². The first-order chi connectivity index (χ1) is 5.92. The monoisotopic (exact) mass is 203 g/mol. The fourth-order valence-electron chi connectivity index (χ4n) is 1.72. The largest absolute Gasteiger partial charge is 0.382 e. The molecule has 1 N–H and O–H groups in total. The number of hydrogen-bond acceptors (Lipinski definition) is 3. The molecule has 2 nitrogen and oxygen atoms in total. The van der Waals surface area contributed by atoms with Crippen molar-refractivity contribution in [3.05, 3.63) is 0 Å². The molecule has 1 aliphatic heterocycles. The zero-order valence-electron chi connectivity index (χ0n) is 9.31. The molecule has 0 aromatic heterocycles. The lowest BCUT2D eigenvalue weighted by Gasteiger charge is -2.34. The molecule has 0 aromatic rings. The van der Waals surface area contributed by atoms with Crippen molar-refractivity contribution in [1.29, 1.82) is 0 Å². The molecule has 0 amide bonds. The Morgan fingerprint density at radius 3 is 2.38 bits per heavy atom. The van der Waals surface area contributed by atoms with Gasteiger partial charge in [0, 0.05) is 18.4 Å². The number of methoxy groups -OCH3 is 1. The highest BCUT2D eigenvalue weighted by Crippen LogP contribution is 2.40. The molecule has 1 aliphatic rings. The minimum Gasteiger partial charge on any atom is -0.382 e. The van der Waals surface area contributed by atoms with Crippen molar-refractivity contribution >= 4 is 11.8 Å². The minimum absolute atomic E-state index is 0.123. The van der Waals surface area contributed by atoms with Gasteiger partial charge in [0.2, 0.25) is 0 Å². The highest BCUT2D eigenvalue weighted by molar-refractivity contribution is 8.01. The first-order valence-electron chi connectivity index (χ1n) is 4.84. The van der Waals surface area contributed by atoms with Gasteiger partial charge in [0.05, 0.1) is 11.5 Å². The molecule has 0 aliphatic carbocycles. The summed E-state index contributed by atoms with van der Waals surface area (Å²) in [5.74, 6) is 1.76. The average Bonchev–Trinajstić information content (AvgIpc) is 2.28. The van der Waals surface area contributed by atoms with Crippen LogP contribution in [0.2, 0.25) is 0 Å². The van der Waals surface area contributed by atoms with Gasteiger partial charge in [0.15, 0.2) is 0 Å². The number of rotatable bonds is 3. The molecular formula is C10H21NOS. The molecule has 0 spiro atoms. The standard InChI is InChI=1S/C10H21NOS/c1-8(2)10(6-12-5)11-9(3,4)7-13-10/h8,11H,6-7H2,1-5H3. The first-order valence-corrected chi connectivity index (χ1v) is 5.83. The quantitative estimate of drug-likeness (QED) is 0.759. The predicted octanol–water partition coefficient (Wildman–Crippen LogP) is 2.10. The zero-order valence-corrected chi connectivity index (χ0v) is 10.1. The number of ether oxygens (including phenoxy) is 1. The van der Waals surface area contributed by atoms with E-state index in [1.165, 1.54) is 0 Å². The van der Waals surface area contributed by atoms with Crippen molar-refractivity contribution in [1.82, 2.24) is 5.32 Å². The van der Waals surface area contributed by atoms with Gasteiger partial charge in [-0.1, -0.05) is 13.8 Å². The molecule has 0 aromatic carbocycles. The number of nitrogens with one attached hydrogen (secondary N) is 1. The van der Waals surface area contributed by atoms with Gasteiger partial charge in [-0.15, -0.1) is 11.8 Å². The van der Waals surface area contributed by atoms with Gasteiger partial charge in [-0.05, 0) is 19.8 Å². The Morgan fingerprint density at radius 2 is 2.08 bits per heavy atom. The lowest BCUT2D eigenvalue weighted by Crippen LogP contribution is -2.52. The SMILES string of the molecule is COCC1(C(C)C)NC(C)(C)CS1. The summed E-state index contributed by atoms with van der Waals surface area (Å²) in [7, 11) is 1.78. The van der Waals surface area contributed by atoms with E-state index in [1.807, 2.05) is 11.8 Å². The maximum Gasteiger partial charge on any atom is 0.0909 e. The van der Waals surface area contributed by atoms with Gasteiger partial charge < -0.3 is 4.74 Å². The fourth-order valence-corrected chi connectivity index (χ4v) is 3.30. The molecule has 0 saturated carbocycles. The third-order valence-electron chi connectivity index (χ3n) is 2.53. The summed E-state index contributed by atoms with van der Waals surface area (Å²) in [6.07, 6.45) is 0. The highest BCUT2D eigenvalue weighted by Gasteiger charge is 2.45. The van der Waals surface area contributed by atoms with Gasteiger partial charge in [-0.25, -0.2) is 0 Å². The third kappa shape index (κ3) is 2.39. The lowest BCUT2D eigenvalue weighted by molar-refractivity contribution is 0.122. The van der Waals surface area contributed by atoms with Crippen molar-refractivity contribution < 1.29 is 4.74 Å². The van der Waals surface area contributed by atoms with Crippen LogP contribution in [0.15, 0.2) is 0 Å². The molecule has 1 heterocycles. The van der Waals surface area contributed by atoms with Crippen molar-refractivity contribution in [3.63, 3.8) is 0 Å². The third-order valence-corrected chi connectivity index (χ3v) is 4.60. The normalized spacial score (nSPS) is 32.8. The second kappa shape index (κ2) is 3.79.